The van der Waals surface area contributed by atoms with E-state index in [0.717, 1.165) is 22.8 Å². The lowest BCUT2D eigenvalue weighted by Crippen LogP contribution is -2.09. The van der Waals surface area contributed by atoms with E-state index in [1.54, 1.807) is 0 Å². The van der Waals surface area contributed by atoms with E-state index in [0.29, 0.717) is 35.1 Å². The van der Waals surface area contributed by atoms with Crippen LogP contribution in [0, 0.1) is 0 Å². The molecule has 34 heavy (non-hydrogen) atoms. The third-order valence-corrected chi connectivity index (χ3v) is 4.76. The van der Waals surface area contributed by atoms with E-state index >= 15 is 0 Å². The Morgan fingerprint density at radius 3 is 1.03 bits per heavy atom. The molecule has 0 saturated carbocycles. The number of nitrogens with zero attached hydrogens (tertiary/aromatic N) is 12. The van der Waals surface area contributed by atoms with Gasteiger partial charge in [0.25, 0.3) is 0 Å². The molecule has 0 atom stereocenters. The zero-order valence-electron chi connectivity index (χ0n) is 20.7. The maximum Gasteiger partial charge on any atom is 0.243 e. The number of hydrogen-bond donors (Lipinski definition) is 2. The number of tetrazole rings is 2. The van der Waals surface area contributed by atoms with Crippen molar-refractivity contribution in [2.45, 2.75) is 79.1 Å². The monoisotopic (exact) mass is 466 g/mol. The average molecular weight is 467 g/mol. The van der Waals surface area contributed by atoms with Crippen LogP contribution in [0.2, 0.25) is 0 Å². The third-order valence-electron chi connectivity index (χ3n) is 4.76. The summed E-state index contributed by atoms with van der Waals surface area (Å²) in [6.07, 6.45) is 0. The fourth-order valence-electron chi connectivity index (χ4n) is 3.07. The van der Waals surface area contributed by atoms with Gasteiger partial charge in [-0.15, -0.1) is 30.6 Å². The molecule has 0 bridgehead atoms. The first-order chi connectivity index (χ1) is 16.2. The van der Waals surface area contributed by atoms with Gasteiger partial charge in [-0.25, -0.2) is 9.97 Å². The molecule has 0 aliphatic carbocycles. The summed E-state index contributed by atoms with van der Waals surface area (Å²) in [4.78, 5) is 8.95. The van der Waals surface area contributed by atoms with Crippen molar-refractivity contribution < 1.29 is 0 Å². The SMILES string of the molecule is CC(C)c1nnc(-c2nn[nH]n2)nc1C(C)C.CC(C)c1nnc(-c2nn[nH]n2)nc1C(C)C. The van der Waals surface area contributed by atoms with E-state index in [1.165, 1.54) is 0 Å². The minimum absolute atomic E-state index is 0.286. The molecule has 0 aliphatic rings. The van der Waals surface area contributed by atoms with Crippen molar-refractivity contribution in [3.63, 3.8) is 0 Å². The maximum absolute atomic E-state index is 4.48. The number of aromatic amines is 2. The first-order valence-electron chi connectivity index (χ1n) is 11.2. The van der Waals surface area contributed by atoms with Crippen molar-refractivity contribution in [2.75, 3.05) is 0 Å². The van der Waals surface area contributed by atoms with E-state index < -0.39 is 0 Å². The second-order valence-electron chi connectivity index (χ2n) is 8.90. The largest absolute Gasteiger partial charge is 0.243 e. The molecule has 0 unspecified atom stereocenters. The van der Waals surface area contributed by atoms with Crippen LogP contribution in [-0.4, -0.2) is 71.6 Å². The first kappa shape index (κ1) is 24.8. The standard InChI is InChI=1S/2C10H15N7/c2*1-5(2)7-8(6(3)4)12-13-9(11-7)10-14-16-17-15-10/h2*5-6H,1-4H3,(H,14,15,16,17). The van der Waals surface area contributed by atoms with Crippen molar-refractivity contribution in [3.8, 4) is 23.3 Å². The third kappa shape index (κ3) is 5.74. The Kier molecular flexibility index (Phi) is 7.91. The Bertz CT molecular complexity index is 1070. The van der Waals surface area contributed by atoms with Gasteiger partial charge >= 0.3 is 0 Å². The predicted molar refractivity (Wildman–Crippen MR) is 122 cm³/mol. The van der Waals surface area contributed by atoms with E-state index in [-0.39, 0.29) is 11.8 Å². The number of H-pyrrole nitrogens is 2. The van der Waals surface area contributed by atoms with E-state index in [1.807, 2.05) is 0 Å². The Labute approximate surface area is 197 Å². The lowest BCUT2D eigenvalue weighted by Gasteiger charge is -2.12. The molecule has 4 aromatic heterocycles. The number of hydrogen-bond acceptors (Lipinski definition) is 12. The highest BCUT2D eigenvalue weighted by atomic mass is 15.5. The quantitative estimate of drug-likeness (QED) is 0.423. The summed E-state index contributed by atoms with van der Waals surface area (Å²) in [7, 11) is 0. The maximum atomic E-state index is 4.48. The van der Waals surface area contributed by atoms with Crippen LogP contribution < -0.4 is 0 Å². The molecule has 0 radical (unpaired) electrons. The molecule has 0 aliphatic heterocycles. The van der Waals surface area contributed by atoms with Gasteiger partial charge in [-0.2, -0.15) is 20.6 Å². The molecule has 4 rings (SSSR count). The minimum atomic E-state index is 0.286. The topological polar surface area (TPSA) is 186 Å². The normalized spacial score (nSPS) is 11.4. The van der Waals surface area contributed by atoms with Crippen LogP contribution in [0.25, 0.3) is 23.3 Å². The first-order valence-corrected chi connectivity index (χ1v) is 11.2. The van der Waals surface area contributed by atoms with Gasteiger partial charge in [0.2, 0.25) is 23.3 Å². The number of aromatic nitrogens is 14. The average Bonchev–Trinajstić information content (AvgIpc) is 3.53. The van der Waals surface area contributed by atoms with Crippen LogP contribution >= 0.6 is 0 Å². The van der Waals surface area contributed by atoms with Gasteiger partial charge in [-0.05, 0) is 34.1 Å². The van der Waals surface area contributed by atoms with Gasteiger partial charge in [-0.1, -0.05) is 55.4 Å². The van der Waals surface area contributed by atoms with Crippen molar-refractivity contribution >= 4 is 0 Å². The summed E-state index contributed by atoms with van der Waals surface area (Å²) in [6.45, 7) is 16.6. The molecule has 4 heterocycles. The van der Waals surface area contributed by atoms with Crippen LogP contribution in [0.5, 0.6) is 0 Å². The molecule has 0 saturated heterocycles. The van der Waals surface area contributed by atoms with E-state index in [2.05, 4.69) is 127 Å². The zero-order valence-corrected chi connectivity index (χ0v) is 20.7. The molecular weight excluding hydrogens is 436 g/mol. The fraction of sp³-hybridized carbons (Fsp3) is 0.600. The molecule has 14 heteroatoms. The van der Waals surface area contributed by atoms with Gasteiger partial charge in [0, 0.05) is 0 Å². The van der Waals surface area contributed by atoms with E-state index in [9.17, 15) is 0 Å². The minimum Gasteiger partial charge on any atom is -0.226 e. The van der Waals surface area contributed by atoms with Crippen molar-refractivity contribution in [1.29, 1.82) is 0 Å². The zero-order chi connectivity index (χ0) is 24.8. The summed E-state index contributed by atoms with van der Waals surface area (Å²) in [5, 5.41) is 43.6. The lowest BCUT2D eigenvalue weighted by atomic mass is 10.0. The van der Waals surface area contributed by atoms with Crippen molar-refractivity contribution in [1.82, 2.24) is 71.6 Å². The smallest absolute Gasteiger partial charge is 0.226 e. The highest BCUT2D eigenvalue weighted by Gasteiger charge is 2.18. The van der Waals surface area contributed by atoms with Crippen molar-refractivity contribution in [3.05, 3.63) is 22.8 Å². The predicted octanol–water partition coefficient (Wildman–Crippen LogP) is 2.60. The second kappa shape index (κ2) is 10.9. The van der Waals surface area contributed by atoms with Crippen molar-refractivity contribution in [2.24, 2.45) is 0 Å². The molecule has 2 N–H and O–H groups in total. The Balaban J connectivity index is 0.000000191. The van der Waals surface area contributed by atoms with Gasteiger partial charge in [0.15, 0.2) is 0 Å². The Morgan fingerprint density at radius 1 is 0.412 bits per heavy atom. The molecule has 14 nitrogen and oxygen atoms in total. The molecular formula is C20H30N14. The number of rotatable bonds is 6. The van der Waals surface area contributed by atoms with Gasteiger partial charge in [0.1, 0.15) is 0 Å². The van der Waals surface area contributed by atoms with Crippen LogP contribution in [0.3, 0.4) is 0 Å². The summed E-state index contributed by atoms with van der Waals surface area (Å²) in [5.74, 6) is 2.73. The van der Waals surface area contributed by atoms with Crippen LogP contribution in [-0.2, 0) is 0 Å². The Morgan fingerprint density at radius 2 is 0.765 bits per heavy atom. The highest BCUT2D eigenvalue weighted by molar-refractivity contribution is 5.41. The van der Waals surface area contributed by atoms with Gasteiger partial charge in [-0.3, -0.25) is 0 Å². The molecule has 0 amide bonds. The van der Waals surface area contributed by atoms with Crippen LogP contribution in [0.15, 0.2) is 0 Å². The Hall–Kier alpha value is -3.84. The lowest BCUT2D eigenvalue weighted by molar-refractivity contribution is 0.696. The molecule has 180 valence electrons. The molecule has 0 fully saturated rings. The molecule has 4 aromatic rings. The number of nitrogens with one attached hydrogen (secondary N) is 2. The van der Waals surface area contributed by atoms with Gasteiger partial charge in [0.05, 0.1) is 22.8 Å². The highest BCUT2D eigenvalue weighted by Crippen LogP contribution is 2.24. The summed E-state index contributed by atoms with van der Waals surface area (Å²) in [5.41, 5.74) is 3.73. The molecule has 0 aromatic carbocycles. The summed E-state index contributed by atoms with van der Waals surface area (Å²) in [6, 6.07) is 0. The summed E-state index contributed by atoms with van der Waals surface area (Å²) >= 11 is 0. The van der Waals surface area contributed by atoms with Gasteiger partial charge < -0.3 is 0 Å². The van der Waals surface area contributed by atoms with Crippen LogP contribution in [0.4, 0.5) is 0 Å². The second-order valence-corrected chi connectivity index (χ2v) is 8.90. The summed E-state index contributed by atoms with van der Waals surface area (Å²) < 4.78 is 0. The van der Waals surface area contributed by atoms with Crippen LogP contribution in [0.1, 0.15) is 102 Å². The fourth-order valence-corrected chi connectivity index (χ4v) is 3.07. The molecule has 0 spiro atoms. The van der Waals surface area contributed by atoms with E-state index in [4.69, 9.17) is 0 Å².